The molecule has 0 bridgehead atoms. The number of rotatable bonds is 4. The number of benzene rings is 1. The fourth-order valence-corrected chi connectivity index (χ4v) is 2.64. The molecule has 2 aromatic rings. The molecule has 0 aliphatic rings. The zero-order valence-electron chi connectivity index (χ0n) is 10.7. The van der Waals surface area contributed by atoms with E-state index in [1.165, 1.54) is 18.8 Å². The summed E-state index contributed by atoms with van der Waals surface area (Å²) >= 11 is 8.15. The first-order valence-electron chi connectivity index (χ1n) is 5.51. The van der Waals surface area contributed by atoms with E-state index in [0.29, 0.717) is 22.2 Å². The number of hydrogen-bond acceptors (Lipinski definition) is 3. The van der Waals surface area contributed by atoms with Crippen LogP contribution in [0.2, 0.25) is 5.02 Å². The third kappa shape index (κ3) is 2.71. The molecule has 0 atom stereocenters. The van der Waals surface area contributed by atoms with Crippen LogP contribution < -0.4 is 9.47 Å². The van der Waals surface area contributed by atoms with Crippen molar-refractivity contribution in [1.29, 1.82) is 0 Å². The average Bonchev–Trinajstić information content (AvgIpc) is 2.80. The van der Waals surface area contributed by atoms with Crippen LogP contribution in [0.4, 0.5) is 0 Å². The van der Waals surface area contributed by atoms with E-state index in [0.717, 1.165) is 3.57 Å². The van der Waals surface area contributed by atoms with E-state index in [2.05, 4.69) is 22.6 Å². The van der Waals surface area contributed by atoms with Gasteiger partial charge in [-0.3, -0.25) is 0 Å². The number of ether oxygens (including phenoxy) is 2. The number of carboxylic acids is 1. The van der Waals surface area contributed by atoms with E-state index in [4.69, 9.17) is 21.1 Å². The van der Waals surface area contributed by atoms with Gasteiger partial charge in [0.15, 0.2) is 0 Å². The second-order valence-electron chi connectivity index (χ2n) is 3.88. The Morgan fingerprint density at radius 3 is 2.45 bits per heavy atom. The van der Waals surface area contributed by atoms with Gasteiger partial charge in [-0.15, -0.1) is 0 Å². The van der Waals surface area contributed by atoms with Gasteiger partial charge in [0, 0.05) is 15.8 Å². The molecule has 1 heterocycles. The summed E-state index contributed by atoms with van der Waals surface area (Å²) in [6, 6.07) is 4.80. The van der Waals surface area contributed by atoms with Crippen molar-refractivity contribution in [3.63, 3.8) is 0 Å². The summed E-state index contributed by atoms with van der Waals surface area (Å²) in [5.74, 6) is -0.0892. The van der Waals surface area contributed by atoms with Crippen LogP contribution in [0.3, 0.4) is 0 Å². The van der Waals surface area contributed by atoms with Crippen LogP contribution in [-0.2, 0) is 0 Å². The zero-order chi connectivity index (χ0) is 14.9. The molecule has 0 saturated carbocycles. The van der Waals surface area contributed by atoms with E-state index in [1.54, 1.807) is 24.4 Å². The van der Waals surface area contributed by atoms with Crippen LogP contribution in [0.5, 0.6) is 11.5 Å². The maximum atomic E-state index is 11.3. The quantitative estimate of drug-likeness (QED) is 0.789. The number of aromatic carboxylic acids is 1. The maximum absolute atomic E-state index is 11.3. The summed E-state index contributed by atoms with van der Waals surface area (Å²) in [6.07, 6.45) is 1.70. The van der Waals surface area contributed by atoms with Crippen molar-refractivity contribution in [2.45, 2.75) is 0 Å². The van der Waals surface area contributed by atoms with Crippen molar-refractivity contribution < 1.29 is 19.4 Å². The first kappa shape index (κ1) is 15.0. The number of methoxy groups -OCH3 is 2. The third-order valence-corrected chi connectivity index (χ3v) is 3.60. The lowest BCUT2D eigenvalue weighted by Gasteiger charge is -2.14. The minimum absolute atomic E-state index is 0.133. The number of hydrogen-bond donors (Lipinski definition) is 1. The van der Waals surface area contributed by atoms with Crippen molar-refractivity contribution in [3.05, 3.63) is 38.7 Å². The third-order valence-electron chi connectivity index (χ3n) is 2.72. The lowest BCUT2D eigenvalue weighted by atomic mass is 10.2. The van der Waals surface area contributed by atoms with Crippen LogP contribution in [0.15, 0.2) is 24.4 Å². The number of nitrogens with zero attached hydrogens (tertiary/aromatic N) is 1. The SMILES string of the molecule is COc1cc(OC)c(-n2cc(I)cc2C(=O)O)cc1Cl. The van der Waals surface area contributed by atoms with Gasteiger partial charge in [0.25, 0.3) is 0 Å². The van der Waals surface area contributed by atoms with Crippen LogP contribution in [0.1, 0.15) is 10.5 Å². The summed E-state index contributed by atoms with van der Waals surface area (Å²) in [5, 5.41) is 9.63. The Bertz CT molecular complexity index is 669. The van der Waals surface area contributed by atoms with Gasteiger partial charge in [-0.2, -0.15) is 0 Å². The summed E-state index contributed by atoms with van der Waals surface area (Å²) in [7, 11) is 3.00. The van der Waals surface area contributed by atoms with Crippen LogP contribution in [0, 0.1) is 3.57 Å². The van der Waals surface area contributed by atoms with Gasteiger partial charge in [-0.1, -0.05) is 11.6 Å². The molecule has 0 aliphatic heterocycles. The lowest BCUT2D eigenvalue weighted by molar-refractivity contribution is 0.0688. The molecular formula is C13H11ClINO4. The normalized spacial score (nSPS) is 10.4. The second kappa shape index (κ2) is 5.92. The van der Waals surface area contributed by atoms with Gasteiger partial charge in [0.2, 0.25) is 0 Å². The standard InChI is InChI=1S/C13H11ClINO4/c1-19-11-5-12(20-2)9(4-8(11)14)16-6-7(15)3-10(16)13(17)18/h3-6H,1-2H3,(H,17,18). The Morgan fingerprint density at radius 1 is 1.25 bits per heavy atom. The molecule has 0 fully saturated rings. The Balaban J connectivity index is 2.69. The van der Waals surface area contributed by atoms with E-state index >= 15 is 0 Å². The Kier molecular flexibility index (Phi) is 4.44. The van der Waals surface area contributed by atoms with Crippen LogP contribution in [-0.4, -0.2) is 29.9 Å². The number of carbonyl (C=O) groups is 1. The highest BCUT2D eigenvalue weighted by Crippen LogP contribution is 2.35. The average molecular weight is 408 g/mol. The van der Waals surface area contributed by atoms with Gasteiger partial charge >= 0.3 is 5.97 Å². The number of halogens is 2. The van der Waals surface area contributed by atoms with Crippen LogP contribution in [0.25, 0.3) is 5.69 Å². The summed E-state index contributed by atoms with van der Waals surface area (Å²) in [5.41, 5.74) is 0.674. The molecule has 0 aliphatic carbocycles. The van der Waals surface area contributed by atoms with E-state index in [1.807, 2.05) is 0 Å². The minimum atomic E-state index is -1.03. The number of aromatic nitrogens is 1. The predicted molar refractivity (Wildman–Crippen MR) is 83.6 cm³/mol. The molecule has 20 heavy (non-hydrogen) atoms. The summed E-state index contributed by atoms with van der Waals surface area (Å²) < 4.78 is 12.7. The molecule has 1 aromatic heterocycles. The zero-order valence-corrected chi connectivity index (χ0v) is 13.6. The van der Waals surface area contributed by atoms with Crippen molar-refractivity contribution in [2.24, 2.45) is 0 Å². The molecule has 0 spiro atoms. The first-order valence-corrected chi connectivity index (χ1v) is 6.96. The van der Waals surface area contributed by atoms with Gasteiger partial charge < -0.3 is 19.1 Å². The fraction of sp³-hybridized carbons (Fsp3) is 0.154. The van der Waals surface area contributed by atoms with E-state index < -0.39 is 5.97 Å². The Morgan fingerprint density at radius 2 is 1.90 bits per heavy atom. The molecule has 106 valence electrons. The molecule has 1 N–H and O–H groups in total. The molecule has 0 unspecified atom stereocenters. The first-order chi connectivity index (χ1) is 9.47. The summed E-state index contributed by atoms with van der Waals surface area (Å²) in [4.78, 5) is 11.3. The smallest absolute Gasteiger partial charge is 0.352 e. The second-order valence-corrected chi connectivity index (χ2v) is 5.53. The largest absolute Gasteiger partial charge is 0.495 e. The minimum Gasteiger partial charge on any atom is -0.495 e. The molecule has 5 nitrogen and oxygen atoms in total. The lowest BCUT2D eigenvalue weighted by Crippen LogP contribution is -2.07. The van der Waals surface area contributed by atoms with Crippen molar-refractivity contribution >= 4 is 40.2 Å². The highest BCUT2D eigenvalue weighted by molar-refractivity contribution is 14.1. The van der Waals surface area contributed by atoms with Gasteiger partial charge in [0.05, 0.1) is 24.9 Å². The van der Waals surface area contributed by atoms with E-state index in [9.17, 15) is 9.90 Å². The van der Waals surface area contributed by atoms with Crippen LogP contribution >= 0.6 is 34.2 Å². The molecule has 0 amide bonds. The maximum Gasteiger partial charge on any atom is 0.352 e. The Labute approximate surface area is 134 Å². The molecule has 0 radical (unpaired) electrons. The molecule has 2 rings (SSSR count). The van der Waals surface area contributed by atoms with Gasteiger partial charge in [-0.05, 0) is 34.7 Å². The Hall–Kier alpha value is -1.41. The van der Waals surface area contributed by atoms with Gasteiger partial charge in [0.1, 0.15) is 17.2 Å². The molecular weight excluding hydrogens is 397 g/mol. The van der Waals surface area contributed by atoms with E-state index in [-0.39, 0.29) is 5.69 Å². The molecule has 7 heteroatoms. The highest BCUT2D eigenvalue weighted by Gasteiger charge is 2.18. The van der Waals surface area contributed by atoms with Gasteiger partial charge in [-0.25, -0.2) is 4.79 Å². The fourth-order valence-electron chi connectivity index (χ4n) is 1.83. The topological polar surface area (TPSA) is 60.7 Å². The monoisotopic (exact) mass is 407 g/mol. The molecule has 1 aromatic carbocycles. The highest BCUT2D eigenvalue weighted by atomic mass is 127. The predicted octanol–water partition coefficient (Wildman–Crippen LogP) is 3.45. The number of carboxylic acid groups (broad SMARTS) is 1. The molecule has 0 saturated heterocycles. The van der Waals surface area contributed by atoms with Crippen molar-refractivity contribution in [1.82, 2.24) is 4.57 Å². The summed E-state index contributed by atoms with van der Waals surface area (Å²) in [6.45, 7) is 0. The van der Waals surface area contributed by atoms with Crippen molar-refractivity contribution in [2.75, 3.05) is 14.2 Å². The van der Waals surface area contributed by atoms with Crippen molar-refractivity contribution in [3.8, 4) is 17.2 Å².